The number of carbonyl (C=O) groups is 1. The number of aryl methyl sites for hydroxylation is 1. The average molecular weight is 480 g/mol. The van der Waals surface area contributed by atoms with E-state index >= 15 is 0 Å². The van der Waals surface area contributed by atoms with Gasteiger partial charge >= 0.3 is 6.18 Å². The maximum atomic E-state index is 13.0. The van der Waals surface area contributed by atoms with E-state index in [1.54, 1.807) is 53.0 Å². The van der Waals surface area contributed by atoms with Crippen molar-refractivity contribution in [2.45, 2.75) is 12.2 Å². The van der Waals surface area contributed by atoms with Gasteiger partial charge in [0.2, 0.25) is 0 Å². The lowest BCUT2D eigenvalue weighted by molar-refractivity contribution is -0.137. The molecule has 5 rings (SSSR count). The molecule has 0 fully saturated rings. The van der Waals surface area contributed by atoms with Crippen molar-refractivity contribution >= 4 is 28.0 Å². The first-order valence-corrected chi connectivity index (χ1v) is 10.6. The minimum atomic E-state index is -4.44. The molecule has 0 aliphatic heterocycles. The Balaban J connectivity index is 1.56. The first-order chi connectivity index (χ1) is 16.8. The summed E-state index contributed by atoms with van der Waals surface area (Å²) in [6, 6.07) is 12.4. The van der Waals surface area contributed by atoms with Crippen molar-refractivity contribution < 1.29 is 23.1 Å². The Hall–Kier alpha value is -4.25. The highest BCUT2D eigenvalue weighted by molar-refractivity contribution is 6.07. The van der Waals surface area contributed by atoms with Crippen molar-refractivity contribution in [2.24, 2.45) is 7.05 Å². The highest BCUT2D eigenvalue weighted by atomic mass is 19.4. The SMILES string of the molecule is Cn1cc2c3nc(C(=O)N[C@@H](CO)c4ccccn4)ccc3n(-c3ccc(C(F)(F)F)cc3)c2n1. The topological polar surface area (TPSA) is 97.9 Å². The van der Waals surface area contributed by atoms with Crippen molar-refractivity contribution in [1.29, 1.82) is 0 Å². The number of nitrogens with one attached hydrogen (secondary N) is 1. The Bertz CT molecular complexity index is 1520. The number of hydrogen-bond donors (Lipinski definition) is 2. The quantitative estimate of drug-likeness (QED) is 0.399. The number of fused-ring (bicyclic) bond motifs is 3. The fourth-order valence-electron chi connectivity index (χ4n) is 3.97. The molecule has 0 saturated heterocycles. The minimum Gasteiger partial charge on any atom is -0.394 e. The number of carbonyl (C=O) groups excluding carboxylic acids is 1. The van der Waals surface area contributed by atoms with Gasteiger partial charge in [-0.3, -0.25) is 19.0 Å². The third kappa shape index (κ3) is 4.10. The maximum Gasteiger partial charge on any atom is 0.416 e. The van der Waals surface area contributed by atoms with Crippen molar-refractivity contribution in [1.82, 2.24) is 29.6 Å². The van der Waals surface area contributed by atoms with Crippen LogP contribution in [0.5, 0.6) is 0 Å². The number of aromatic nitrogens is 5. The van der Waals surface area contributed by atoms with Crippen LogP contribution < -0.4 is 5.32 Å². The van der Waals surface area contributed by atoms with Gasteiger partial charge in [-0.25, -0.2) is 4.98 Å². The number of pyridine rings is 2. The minimum absolute atomic E-state index is 0.113. The Morgan fingerprint density at radius 3 is 2.54 bits per heavy atom. The average Bonchev–Trinajstić information content (AvgIpc) is 3.36. The molecule has 1 amide bonds. The lowest BCUT2D eigenvalue weighted by Gasteiger charge is -2.15. The van der Waals surface area contributed by atoms with Crippen LogP contribution in [0.15, 0.2) is 67.0 Å². The summed E-state index contributed by atoms with van der Waals surface area (Å²) in [5.74, 6) is -0.504. The van der Waals surface area contributed by atoms with Gasteiger partial charge in [0.1, 0.15) is 11.2 Å². The van der Waals surface area contributed by atoms with Crippen LogP contribution in [0.2, 0.25) is 0 Å². The number of aliphatic hydroxyl groups is 1. The molecule has 0 saturated carbocycles. The predicted octanol–water partition coefficient (Wildman–Crippen LogP) is 3.79. The molecule has 1 aromatic carbocycles. The number of halogens is 3. The third-order valence-corrected chi connectivity index (χ3v) is 5.61. The summed E-state index contributed by atoms with van der Waals surface area (Å²) in [6.45, 7) is -0.345. The van der Waals surface area contributed by atoms with E-state index in [0.717, 1.165) is 12.1 Å². The van der Waals surface area contributed by atoms with Gasteiger partial charge in [0.15, 0.2) is 5.65 Å². The van der Waals surface area contributed by atoms with E-state index in [0.29, 0.717) is 33.4 Å². The number of benzene rings is 1. The molecule has 4 aromatic heterocycles. The largest absolute Gasteiger partial charge is 0.416 e. The van der Waals surface area contributed by atoms with E-state index < -0.39 is 23.7 Å². The van der Waals surface area contributed by atoms with Crippen LogP contribution in [0.4, 0.5) is 13.2 Å². The van der Waals surface area contributed by atoms with E-state index in [1.165, 1.54) is 18.2 Å². The number of rotatable bonds is 5. The second kappa shape index (κ2) is 8.51. The smallest absolute Gasteiger partial charge is 0.394 e. The number of aliphatic hydroxyl groups excluding tert-OH is 1. The molecule has 0 radical (unpaired) electrons. The van der Waals surface area contributed by atoms with Crippen LogP contribution in [0.25, 0.3) is 27.8 Å². The molecule has 0 bridgehead atoms. The summed E-state index contributed by atoms with van der Waals surface area (Å²) in [6.07, 6.45) is -1.14. The van der Waals surface area contributed by atoms with Crippen LogP contribution in [0.1, 0.15) is 27.8 Å². The van der Waals surface area contributed by atoms with Gasteiger partial charge in [0.05, 0.1) is 34.8 Å². The molecule has 2 N–H and O–H groups in total. The van der Waals surface area contributed by atoms with Crippen LogP contribution >= 0.6 is 0 Å². The van der Waals surface area contributed by atoms with Gasteiger partial charge < -0.3 is 10.4 Å². The Kier molecular flexibility index (Phi) is 5.48. The van der Waals surface area contributed by atoms with Gasteiger partial charge in [-0.1, -0.05) is 6.07 Å². The summed E-state index contributed by atoms with van der Waals surface area (Å²) in [7, 11) is 1.72. The summed E-state index contributed by atoms with van der Waals surface area (Å²) < 4.78 is 42.3. The molecule has 0 aliphatic carbocycles. The van der Waals surface area contributed by atoms with E-state index in [2.05, 4.69) is 20.4 Å². The van der Waals surface area contributed by atoms with E-state index in [4.69, 9.17) is 0 Å². The van der Waals surface area contributed by atoms with Crippen molar-refractivity contribution in [3.63, 3.8) is 0 Å². The molecule has 35 heavy (non-hydrogen) atoms. The number of nitrogens with zero attached hydrogens (tertiary/aromatic N) is 5. The van der Waals surface area contributed by atoms with Crippen LogP contribution in [0.3, 0.4) is 0 Å². The molecule has 0 spiro atoms. The van der Waals surface area contributed by atoms with Gasteiger partial charge in [-0.2, -0.15) is 18.3 Å². The first-order valence-electron chi connectivity index (χ1n) is 10.6. The van der Waals surface area contributed by atoms with E-state index in [1.807, 2.05) is 0 Å². The first kappa shape index (κ1) is 22.5. The summed E-state index contributed by atoms with van der Waals surface area (Å²) in [4.78, 5) is 21.6. The molecule has 1 atom stereocenters. The van der Waals surface area contributed by atoms with Gasteiger partial charge in [-0.15, -0.1) is 0 Å². The van der Waals surface area contributed by atoms with Crippen LogP contribution in [-0.2, 0) is 13.2 Å². The lowest BCUT2D eigenvalue weighted by Crippen LogP contribution is -2.31. The van der Waals surface area contributed by atoms with Gasteiger partial charge in [-0.05, 0) is 48.5 Å². The number of alkyl halides is 3. The number of hydrogen-bond acceptors (Lipinski definition) is 5. The van der Waals surface area contributed by atoms with Gasteiger partial charge in [0.25, 0.3) is 5.91 Å². The molecular formula is C24H19F3N6O2. The summed E-state index contributed by atoms with van der Waals surface area (Å²) in [5, 5.41) is 17.5. The lowest BCUT2D eigenvalue weighted by atomic mass is 10.2. The van der Waals surface area contributed by atoms with Crippen LogP contribution in [-0.4, -0.2) is 41.9 Å². The molecule has 0 unspecified atom stereocenters. The van der Waals surface area contributed by atoms with Crippen molar-refractivity contribution in [2.75, 3.05) is 6.61 Å². The second-order valence-corrected chi connectivity index (χ2v) is 7.95. The molecule has 8 nitrogen and oxygen atoms in total. The molecule has 5 aromatic rings. The van der Waals surface area contributed by atoms with Gasteiger partial charge in [0, 0.05) is 25.1 Å². The fourth-order valence-corrected chi connectivity index (χ4v) is 3.97. The van der Waals surface area contributed by atoms with E-state index in [9.17, 15) is 23.1 Å². The molecular weight excluding hydrogens is 461 g/mol. The predicted molar refractivity (Wildman–Crippen MR) is 122 cm³/mol. The standard InChI is InChI=1S/C24H19F3N6O2/c1-32-12-16-21-20(33(22(16)31-32)15-7-5-14(6-8-15)24(25,26)27)10-9-18(29-21)23(35)30-19(13-34)17-4-2-3-11-28-17/h2-12,19,34H,13H2,1H3,(H,30,35)/t19-/m0/s1. The molecule has 0 aliphatic rings. The molecule has 11 heteroatoms. The summed E-state index contributed by atoms with van der Waals surface area (Å²) >= 11 is 0. The Labute approximate surface area is 196 Å². The zero-order valence-corrected chi connectivity index (χ0v) is 18.4. The highest BCUT2D eigenvalue weighted by Gasteiger charge is 2.30. The Morgan fingerprint density at radius 1 is 1.11 bits per heavy atom. The fraction of sp³-hybridized carbons (Fsp3) is 0.167. The third-order valence-electron chi connectivity index (χ3n) is 5.61. The zero-order chi connectivity index (χ0) is 24.7. The number of amides is 1. The zero-order valence-electron chi connectivity index (χ0n) is 18.4. The van der Waals surface area contributed by atoms with Crippen LogP contribution in [0, 0.1) is 0 Å². The second-order valence-electron chi connectivity index (χ2n) is 7.95. The van der Waals surface area contributed by atoms with Crippen molar-refractivity contribution in [3.8, 4) is 5.69 Å². The monoisotopic (exact) mass is 480 g/mol. The molecule has 4 heterocycles. The molecule has 178 valence electrons. The highest BCUT2D eigenvalue weighted by Crippen LogP contribution is 2.33. The summed E-state index contributed by atoms with van der Waals surface area (Å²) in [5.41, 5.74) is 1.90. The van der Waals surface area contributed by atoms with E-state index in [-0.39, 0.29) is 12.3 Å². The maximum absolute atomic E-state index is 13.0. The normalized spacial score (nSPS) is 12.8. The van der Waals surface area contributed by atoms with Crippen molar-refractivity contribution in [3.05, 3.63) is 83.9 Å². The Morgan fingerprint density at radius 2 is 1.89 bits per heavy atom.